The summed E-state index contributed by atoms with van der Waals surface area (Å²) in [6.07, 6.45) is 2.41. The van der Waals surface area contributed by atoms with Gasteiger partial charge in [-0.05, 0) is 23.3 Å². The van der Waals surface area contributed by atoms with Gasteiger partial charge in [-0.2, -0.15) is 0 Å². The summed E-state index contributed by atoms with van der Waals surface area (Å²) >= 11 is 0. The highest BCUT2D eigenvalue weighted by Crippen LogP contribution is 2.31. The van der Waals surface area contributed by atoms with Gasteiger partial charge in [-0.25, -0.2) is 0 Å². The largest absolute Gasteiger partial charge is 0.390 e. The molecule has 0 unspecified atom stereocenters. The van der Waals surface area contributed by atoms with Gasteiger partial charge in [0.15, 0.2) is 0 Å². The molecule has 1 aliphatic rings. The third kappa shape index (κ3) is 3.23. The molecule has 6 heteroatoms. The highest BCUT2D eigenvalue weighted by atomic mass is 16.3. The summed E-state index contributed by atoms with van der Waals surface area (Å²) in [6.45, 7) is 0. The fraction of sp³-hybridized carbons (Fsp3) is 0.250. The SMILES string of the molecule is O=C(CCc1nncn1-c1ccccc1)N[C@@H]1c2ccccc2C[C@@H]1O. The van der Waals surface area contributed by atoms with Crippen molar-refractivity contribution < 1.29 is 9.90 Å². The van der Waals surface area contributed by atoms with Crippen LogP contribution in [0.1, 0.15) is 29.4 Å². The van der Waals surface area contributed by atoms with Crippen molar-refractivity contribution in [3.63, 3.8) is 0 Å². The van der Waals surface area contributed by atoms with Gasteiger partial charge in [0.25, 0.3) is 0 Å². The minimum atomic E-state index is -0.579. The molecule has 2 atom stereocenters. The summed E-state index contributed by atoms with van der Waals surface area (Å²) in [5, 5.41) is 21.3. The van der Waals surface area contributed by atoms with Gasteiger partial charge in [-0.1, -0.05) is 42.5 Å². The molecule has 0 saturated heterocycles. The first-order chi connectivity index (χ1) is 12.7. The zero-order valence-corrected chi connectivity index (χ0v) is 14.2. The van der Waals surface area contributed by atoms with E-state index in [1.165, 1.54) is 0 Å². The Balaban J connectivity index is 1.41. The maximum Gasteiger partial charge on any atom is 0.221 e. The van der Waals surface area contributed by atoms with Crippen molar-refractivity contribution in [1.29, 1.82) is 0 Å². The number of hydrogen-bond acceptors (Lipinski definition) is 4. The quantitative estimate of drug-likeness (QED) is 0.739. The van der Waals surface area contributed by atoms with Crippen LogP contribution in [0.4, 0.5) is 0 Å². The minimum absolute atomic E-state index is 0.103. The van der Waals surface area contributed by atoms with Gasteiger partial charge in [-0.3, -0.25) is 9.36 Å². The molecule has 1 aromatic heterocycles. The Bertz CT molecular complexity index is 907. The molecule has 0 bridgehead atoms. The van der Waals surface area contributed by atoms with Crippen molar-refractivity contribution in [2.45, 2.75) is 31.4 Å². The van der Waals surface area contributed by atoms with Crippen LogP contribution in [0.2, 0.25) is 0 Å². The van der Waals surface area contributed by atoms with E-state index in [4.69, 9.17) is 0 Å². The number of aryl methyl sites for hydroxylation is 1. The van der Waals surface area contributed by atoms with Crippen molar-refractivity contribution in [1.82, 2.24) is 20.1 Å². The number of carbonyl (C=O) groups is 1. The van der Waals surface area contributed by atoms with Crippen molar-refractivity contribution >= 4 is 5.91 Å². The number of aliphatic hydroxyl groups is 1. The number of aromatic nitrogens is 3. The average molecular weight is 348 g/mol. The monoisotopic (exact) mass is 348 g/mol. The molecular weight excluding hydrogens is 328 g/mol. The lowest BCUT2D eigenvalue weighted by atomic mass is 10.1. The number of carbonyl (C=O) groups excluding carboxylic acids is 1. The zero-order valence-electron chi connectivity index (χ0n) is 14.2. The van der Waals surface area contributed by atoms with Crippen molar-refractivity contribution in [2.24, 2.45) is 0 Å². The molecule has 0 saturated carbocycles. The molecule has 1 aliphatic carbocycles. The predicted octanol–water partition coefficient (Wildman–Crippen LogP) is 1.97. The molecule has 0 aliphatic heterocycles. The summed E-state index contributed by atoms with van der Waals surface area (Å²) in [4.78, 5) is 12.4. The van der Waals surface area contributed by atoms with Crippen LogP contribution in [0, 0.1) is 0 Å². The van der Waals surface area contributed by atoms with Crippen molar-refractivity contribution in [3.8, 4) is 5.69 Å². The van der Waals surface area contributed by atoms with E-state index in [0.717, 1.165) is 22.6 Å². The van der Waals surface area contributed by atoms with E-state index in [1.54, 1.807) is 6.33 Å². The van der Waals surface area contributed by atoms with E-state index in [9.17, 15) is 9.90 Å². The van der Waals surface area contributed by atoms with Gasteiger partial charge in [-0.15, -0.1) is 10.2 Å². The topological polar surface area (TPSA) is 80.0 Å². The lowest BCUT2D eigenvalue weighted by Crippen LogP contribution is -2.34. The molecule has 4 rings (SSSR count). The van der Waals surface area contributed by atoms with E-state index >= 15 is 0 Å². The van der Waals surface area contributed by atoms with E-state index in [1.807, 2.05) is 59.2 Å². The Labute approximate surface area is 151 Å². The number of fused-ring (bicyclic) bond motifs is 1. The van der Waals surface area contributed by atoms with Crippen LogP contribution in [0.15, 0.2) is 60.9 Å². The summed E-state index contributed by atoms with van der Waals surface area (Å²) in [5.41, 5.74) is 3.06. The van der Waals surface area contributed by atoms with Crippen LogP contribution in [-0.2, 0) is 17.6 Å². The number of rotatable bonds is 5. The van der Waals surface area contributed by atoms with Crippen molar-refractivity contribution in [2.75, 3.05) is 0 Å². The Hall–Kier alpha value is -2.99. The molecule has 3 aromatic rings. The third-order valence-corrected chi connectivity index (χ3v) is 4.75. The van der Waals surface area contributed by atoms with Crippen LogP contribution in [-0.4, -0.2) is 31.9 Å². The number of amides is 1. The lowest BCUT2D eigenvalue weighted by Gasteiger charge is -2.18. The standard InChI is InChI=1S/C20H20N4O2/c25-17-12-14-6-4-5-9-16(14)20(17)22-19(26)11-10-18-23-21-13-24(18)15-7-2-1-3-8-15/h1-9,13,17,20,25H,10-12H2,(H,22,26)/t17-,20+/m0/s1. The lowest BCUT2D eigenvalue weighted by molar-refractivity contribution is -0.122. The smallest absolute Gasteiger partial charge is 0.221 e. The Morgan fingerprint density at radius 2 is 1.92 bits per heavy atom. The van der Waals surface area contributed by atoms with Gasteiger partial charge < -0.3 is 10.4 Å². The van der Waals surface area contributed by atoms with Crippen LogP contribution in [0.3, 0.4) is 0 Å². The van der Waals surface area contributed by atoms with Gasteiger partial charge in [0, 0.05) is 24.9 Å². The maximum absolute atomic E-state index is 12.4. The summed E-state index contributed by atoms with van der Waals surface area (Å²) in [5.74, 6) is 0.632. The van der Waals surface area contributed by atoms with Crippen molar-refractivity contribution in [3.05, 3.63) is 77.9 Å². The molecule has 6 nitrogen and oxygen atoms in total. The number of nitrogens with one attached hydrogen (secondary N) is 1. The van der Waals surface area contributed by atoms with Crippen LogP contribution >= 0.6 is 0 Å². The molecule has 0 spiro atoms. The number of nitrogens with zero attached hydrogens (tertiary/aromatic N) is 3. The Kier molecular flexibility index (Phi) is 4.50. The molecule has 2 N–H and O–H groups in total. The highest BCUT2D eigenvalue weighted by molar-refractivity contribution is 5.77. The van der Waals surface area contributed by atoms with E-state index in [0.29, 0.717) is 12.8 Å². The van der Waals surface area contributed by atoms with Gasteiger partial charge in [0.2, 0.25) is 5.91 Å². The zero-order chi connectivity index (χ0) is 17.9. The minimum Gasteiger partial charge on any atom is -0.390 e. The normalized spacial score (nSPS) is 18.5. The summed E-state index contributed by atoms with van der Waals surface area (Å²) < 4.78 is 1.88. The Morgan fingerprint density at radius 3 is 2.77 bits per heavy atom. The van der Waals surface area contributed by atoms with Gasteiger partial charge >= 0.3 is 0 Å². The van der Waals surface area contributed by atoms with Gasteiger partial charge in [0.1, 0.15) is 12.2 Å². The number of aliphatic hydroxyl groups excluding tert-OH is 1. The van der Waals surface area contributed by atoms with Gasteiger partial charge in [0.05, 0.1) is 12.1 Å². The third-order valence-electron chi connectivity index (χ3n) is 4.75. The molecule has 26 heavy (non-hydrogen) atoms. The average Bonchev–Trinajstić information content (AvgIpc) is 3.25. The molecule has 2 aromatic carbocycles. The molecule has 1 heterocycles. The highest BCUT2D eigenvalue weighted by Gasteiger charge is 2.31. The second-order valence-electron chi connectivity index (χ2n) is 6.47. The molecule has 132 valence electrons. The first kappa shape index (κ1) is 16.5. The predicted molar refractivity (Wildman–Crippen MR) is 96.7 cm³/mol. The molecule has 1 amide bonds. The number of benzene rings is 2. The fourth-order valence-electron chi connectivity index (χ4n) is 3.45. The van der Waals surface area contributed by atoms with Crippen LogP contribution in [0.5, 0.6) is 0 Å². The Morgan fingerprint density at radius 1 is 1.15 bits per heavy atom. The number of para-hydroxylation sites is 1. The van der Waals surface area contributed by atoms with E-state index in [-0.39, 0.29) is 18.4 Å². The van der Waals surface area contributed by atoms with E-state index < -0.39 is 6.10 Å². The molecule has 0 fully saturated rings. The van der Waals surface area contributed by atoms with E-state index in [2.05, 4.69) is 15.5 Å². The second kappa shape index (κ2) is 7.09. The first-order valence-electron chi connectivity index (χ1n) is 8.72. The fourth-order valence-corrected chi connectivity index (χ4v) is 3.45. The van der Waals surface area contributed by atoms with Crippen LogP contribution < -0.4 is 5.32 Å². The molecular formula is C20H20N4O2. The summed E-state index contributed by atoms with van der Waals surface area (Å²) in [6, 6.07) is 17.3. The summed E-state index contributed by atoms with van der Waals surface area (Å²) in [7, 11) is 0. The molecule has 0 radical (unpaired) electrons. The maximum atomic E-state index is 12.4. The second-order valence-corrected chi connectivity index (χ2v) is 6.47. The first-order valence-corrected chi connectivity index (χ1v) is 8.72. The van der Waals surface area contributed by atoms with Crippen LogP contribution in [0.25, 0.3) is 5.69 Å². The number of hydrogen-bond donors (Lipinski definition) is 2.